The van der Waals surface area contributed by atoms with E-state index in [0.29, 0.717) is 40.8 Å². The van der Waals surface area contributed by atoms with Crippen LogP contribution in [0.15, 0.2) is 53.9 Å². The Morgan fingerprint density at radius 1 is 1.28 bits per heavy atom. The molecular weight excluding hydrogens is 504 g/mol. The van der Waals surface area contributed by atoms with Crippen LogP contribution in [0.25, 0.3) is 5.76 Å². The molecule has 1 atom stereocenters. The second-order valence-electron chi connectivity index (χ2n) is 7.84. The monoisotopic (exact) mass is 524 g/mol. The number of hydrogen-bond donors (Lipinski definition) is 1. The number of aliphatic hydroxyl groups excluding tert-OH is 1. The quantitative estimate of drug-likeness (QED) is 0.167. The van der Waals surface area contributed by atoms with E-state index >= 15 is 0 Å². The van der Waals surface area contributed by atoms with E-state index in [-0.39, 0.29) is 27.9 Å². The van der Waals surface area contributed by atoms with Crippen molar-refractivity contribution in [2.24, 2.45) is 0 Å². The Labute approximate surface area is 213 Å². The first-order chi connectivity index (χ1) is 17.4. The van der Waals surface area contributed by atoms with Gasteiger partial charge in [-0.05, 0) is 36.6 Å². The van der Waals surface area contributed by atoms with Gasteiger partial charge in [-0.3, -0.25) is 14.5 Å². The van der Waals surface area contributed by atoms with Crippen molar-refractivity contribution >= 4 is 51.2 Å². The summed E-state index contributed by atoms with van der Waals surface area (Å²) < 4.78 is 16.3. The Morgan fingerprint density at radius 3 is 2.78 bits per heavy atom. The second kappa shape index (κ2) is 9.59. The van der Waals surface area contributed by atoms with Gasteiger partial charge in [0, 0.05) is 10.4 Å². The lowest BCUT2D eigenvalue weighted by molar-refractivity contribution is -0.132. The van der Waals surface area contributed by atoms with E-state index in [4.69, 9.17) is 14.2 Å². The average Bonchev–Trinajstić information content (AvgIpc) is 3.61. The molecule has 0 saturated carbocycles. The number of carbonyl (C=O) groups excluding carboxylic acids is 3. The Morgan fingerprint density at radius 2 is 2.06 bits per heavy atom. The van der Waals surface area contributed by atoms with E-state index in [0.717, 1.165) is 11.3 Å². The number of amides is 1. The summed E-state index contributed by atoms with van der Waals surface area (Å²) in [6.07, 6.45) is 1.45. The topological polar surface area (TPSA) is 115 Å². The lowest BCUT2D eigenvalue weighted by Gasteiger charge is -2.22. The number of aromatic nitrogens is 1. The van der Waals surface area contributed by atoms with Crippen LogP contribution in [-0.2, 0) is 14.3 Å². The summed E-state index contributed by atoms with van der Waals surface area (Å²) in [6, 6.07) is 7.44. The van der Waals surface area contributed by atoms with Crippen molar-refractivity contribution in [2.75, 3.05) is 24.7 Å². The number of ether oxygens (including phenoxy) is 3. The van der Waals surface area contributed by atoms with Crippen molar-refractivity contribution in [3.05, 3.63) is 75.0 Å². The van der Waals surface area contributed by atoms with Crippen LogP contribution in [0, 0.1) is 6.92 Å². The summed E-state index contributed by atoms with van der Waals surface area (Å²) in [5.74, 6) is -1.69. The lowest BCUT2D eigenvalue weighted by Crippen LogP contribution is -2.29. The standard InChI is InChI=1S/C25H20N2O7S2/c1-3-8-34-24(31)22-13(2)26-25(36-22)27-19(17-5-4-11-35-17)18(21(29)23(27)30)20(28)14-6-7-15-16(12-14)33-10-9-32-15/h3-7,11-12,19,28H,1,8-10H2,2H3/b20-18+. The van der Waals surface area contributed by atoms with Gasteiger partial charge in [-0.2, -0.15) is 0 Å². The normalized spacial score (nSPS) is 18.4. The fourth-order valence-electron chi connectivity index (χ4n) is 3.97. The van der Waals surface area contributed by atoms with E-state index in [1.807, 2.05) is 5.38 Å². The molecule has 0 spiro atoms. The summed E-state index contributed by atoms with van der Waals surface area (Å²) in [6.45, 7) is 5.95. The van der Waals surface area contributed by atoms with Crippen molar-refractivity contribution in [3.8, 4) is 11.5 Å². The highest BCUT2D eigenvalue weighted by molar-refractivity contribution is 7.18. The molecule has 184 valence electrons. The predicted molar refractivity (Wildman–Crippen MR) is 134 cm³/mol. The molecule has 2 aliphatic rings. The Balaban J connectivity index is 1.61. The zero-order valence-corrected chi connectivity index (χ0v) is 20.7. The summed E-state index contributed by atoms with van der Waals surface area (Å²) in [5.41, 5.74) is 0.591. The minimum Gasteiger partial charge on any atom is -0.507 e. The van der Waals surface area contributed by atoms with Gasteiger partial charge in [0.15, 0.2) is 16.6 Å². The summed E-state index contributed by atoms with van der Waals surface area (Å²) in [4.78, 5) is 45.5. The number of ketones is 1. The fraction of sp³-hybridized carbons (Fsp3) is 0.200. The molecule has 2 aliphatic heterocycles. The molecule has 1 unspecified atom stereocenters. The first kappa shape index (κ1) is 23.8. The molecule has 1 saturated heterocycles. The Kier molecular flexibility index (Phi) is 6.33. The number of thiazole rings is 1. The molecular formula is C25H20N2O7S2. The third kappa shape index (κ3) is 4.06. The van der Waals surface area contributed by atoms with E-state index < -0.39 is 23.7 Å². The van der Waals surface area contributed by atoms with Crippen LogP contribution in [-0.4, -0.2) is 47.6 Å². The van der Waals surface area contributed by atoms with E-state index in [2.05, 4.69) is 11.6 Å². The van der Waals surface area contributed by atoms with Crippen molar-refractivity contribution in [1.82, 2.24) is 4.98 Å². The lowest BCUT2D eigenvalue weighted by atomic mass is 9.99. The molecule has 5 rings (SSSR count). The molecule has 4 heterocycles. The molecule has 11 heteroatoms. The molecule has 36 heavy (non-hydrogen) atoms. The number of anilines is 1. The number of hydrogen-bond acceptors (Lipinski definition) is 10. The molecule has 1 fully saturated rings. The van der Waals surface area contributed by atoms with Crippen molar-refractivity contribution in [3.63, 3.8) is 0 Å². The SMILES string of the molecule is C=CCOC(=O)c1sc(N2C(=O)C(=O)/C(=C(/O)c3ccc4c(c3)OCCO4)C2c2cccs2)nc1C. The van der Waals surface area contributed by atoms with Crippen LogP contribution in [0.3, 0.4) is 0 Å². The minimum absolute atomic E-state index is 0.0285. The fourth-order valence-corrected chi connectivity index (χ4v) is 5.78. The van der Waals surface area contributed by atoms with Gasteiger partial charge in [-0.15, -0.1) is 11.3 Å². The third-order valence-electron chi connectivity index (χ3n) is 5.58. The van der Waals surface area contributed by atoms with Crippen LogP contribution in [0.1, 0.15) is 31.8 Å². The highest BCUT2D eigenvalue weighted by Crippen LogP contribution is 2.45. The van der Waals surface area contributed by atoms with Gasteiger partial charge in [-0.25, -0.2) is 9.78 Å². The van der Waals surface area contributed by atoms with Gasteiger partial charge in [0.25, 0.3) is 5.78 Å². The highest BCUT2D eigenvalue weighted by Gasteiger charge is 2.49. The number of benzene rings is 1. The molecule has 3 aromatic rings. The van der Waals surface area contributed by atoms with Crippen LogP contribution in [0.2, 0.25) is 0 Å². The van der Waals surface area contributed by atoms with Crippen molar-refractivity contribution in [2.45, 2.75) is 13.0 Å². The summed E-state index contributed by atoms with van der Waals surface area (Å²) in [5, 5.41) is 13.2. The summed E-state index contributed by atoms with van der Waals surface area (Å²) in [7, 11) is 0. The number of Topliss-reactive ketones (excluding diaryl/α,β-unsaturated/α-hetero) is 1. The number of esters is 1. The number of thiophene rings is 1. The molecule has 1 N–H and O–H groups in total. The number of carbonyl (C=O) groups is 3. The number of rotatable bonds is 6. The maximum atomic E-state index is 13.3. The minimum atomic E-state index is -0.930. The van der Waals surface area contributed by atoms with Gasteiger partial charge >= 0.3 is 11.9 Å². The second-order valence-corrected chi connectivity index (χ2v) is 9.80. The largest absolute Gasteiger partial charge is 0.507 e. The number of fused-ring (bicyclic) bond motifs is 1. The zero-order valence-electron chi connectivity index (χ0n) is 19.1. The van der Waals surface area contributed by atoms with Gasteiger partial charge in [0.1, 0.15) is 36.5 Å². The third-order valence-corrected chi connectivity index (χ3v) is 7.64. The zero-order chi connectivity index (χ0) is 25.4. The molecule has 9 nitrogen and oxygen atoms in total. The summed E-state index contributed by atoms with van der Waals surface area (Å²) >= 11 is 2.28. The predicted octanol–water partition coefficient (Wildman–Crippen LogP) is 4.25. The number of nitrogens with zero attached hydrogens (tertiary/aromatic N) is 2. The van der Waals surface area contributed by atoms with E-state index in [1.54, 1.807) is 37.3 Å². The molecule has 0 radical (unpaired) electrons. The van der Waals surface area contributed by atoms with Gasteiger partial charge in [0.2, 0.25) is 0 Å². The number of aliphatic hydroxyl groups is 1. The smallest absolute Gasteiger partial charge is 0.350 e. The number of aryl methyl sites for hydroxylation is 1. The molecule has 0 bridgehead atoms. The molecule has 2 aromatic heterocycles. The Bertz CT molecular complexity index is 1410. The van der Waals surface area contributed by atoms with Crippen LogP contribution in [0.5, 0.6) is 11.5 Å². The van der Waals surface area contributed by atoms with Crippen LogP contribution >= 0.6 is 22.7 Å². The maximum Gasteiger partial charge on any atom is 0.350 e. The highest BCUT2D eigenvalue weighted by atomic mass is 32.1. The molecule has 1 amide bonds. The van der Waals surface area contributed by atoms with Crippen LogP contribution < -0.4 is 14.4 Å². The van der Waals surface area contributed by atoms with Gasteiger partial charge < -0.3 is 19.3 Å². The van der Waals surface area contributed by atoms with Crippen molar-refractivity contribution in [1.29, 1.82) is 0 Å². The van der Waals surface area contributed by atoms with Crippen molar-refractivity contribution < 1.29 is 33.7 Å². The first-order valence-corrected chi connectivity index (χ1v) is 12.6. The van der Waals surface area contributed by atoms with Crippen LogP contribution in [0.4, 0.5) is 5.13 Å². The molecule has 1 aromatic carbocycles. The van der Waals surface area contributed by atoms with E-state index in [9.17, 15) is 19.5 Å². The van der Waals surface area contributed by atoms with Gasteiger partial charge in [-0.1, -0.05) is 30.1 Å². The van der Waals surface area contributed by atoms with Gasteiger partial charge in [0.05, 0.1) is 11.3 Å². The average molecular weight is 525 g/mol. The maximum absolute atomic E-state index is 13.3. The van der Waals surface area contributed by atoms with E-state index in [1.165, 1.54) is 22.3 Å². The first-order valence-electron chi connectivity index (χ1n) is 10.9. The molecule has 0 aliphatic carbocycles. The Hall–Kier alpha value is -3.96.